The molecule has 1 aliphatic rings. The Labute approximate surface area is 189 Å². The van der Waals surface area contributed by atoms with E-state index in [1.165, 1.54) is 56.6 Å². The summed E-state index contributed by atoms with van der Waals surface area (Å²) in [7, 11) is 0. The van der Waals surface area contributed by atoms with Gasteiger partial charge < -0.3 is 4.74 Å². The highest BCUT2D eigenvalue weighted by atomic mass is 16.5. The van der Waals surface area contributed by atoms with Gasteiger partial charge in [0.15, 0.2) is 0 Å². The summed E-state index contributed by atoms with van der Waals surface area (Å²) >= 11 is 0. The molecule has 0 amide bonds. The smallest absolute Gasteiger partial charge is 0.330 e. The van der Waals surface area contributed by atoms with E-state index in [9.17, 15) is 9.59 Å². The zero-order chi connectivity index (χ0) is 22.3. The van der Waals surface area contributed by atoms with Gasteiger partial charge in [-0.2, -0.15) is 0 Å². The first kappa shape index (κ1) is 25.4. The molecule has 1 aromatic rings. The number of carbonyl (C=O) groups excluding carboxylic acids is 2. The summed E-state index contributed by atoms with van der Waals surface area (Å²) in [6, 6.07) is 10.4. The highest BCUT2D eigenvalue weighted by molar-refractivity contribution is 5.90. The molecule has 31 heavy (non-hydrogen) atoms. The molecule has 1 aromatic carbocycles. The van der Waals surface area contributed by atoms with Crippen LogP contribution in [0.2, 0.25) is 0 Å². The van der Waals surface area contributed by atoms with Gasteiger partial charge in [0.05, 0.1) is 6.61 Å². The highest BCUT2D eigenvalue weighted by Crippen LogP contribution is 2.44. The number of benzene rings is 1. The van der Waals surface area contributed by atoms with E-state index in [1.54, 1.807) is 0 Å². The minimum Gasteiger partial charge on any atom is -0.463 e. The number of allylic oxidation sites excluding steroid dienone is 1. The molecule has 1 aliphatic carbocycles. The average Bonchev–Trinajstić information content (AvgIpc) is 3.09. The van der Waals surface area contributed by atoms with Crippen LogP contribution in [0.4, 0.5) is 0 Å². The summed E-state index contributed by atoms with van der Waals surface area (Å²) in [4.78, 5) is 24.7. The van der Waals surface area contributed by atoms with Crippen molar-refractivity contribution in [2.45, 2.75) is 96.8 Å². The van der Waals surface area contributed by atoms with Gasteiger partial charge >= 0.3 is 5.97 Å². The van der Waals surface area contributed by atoms with Gasteiger partial charge in [0.25, 0.3) is 0 Å². The summed E-state index contributed by atoms with van der Waals surface area (Å²) in [5.41, 5.74) is 1.19. The highest BCUT2D eigenvalue weighted by Gasteiger charge is 2.41. The molecule has 1 saturated carbocycles. The van der Waals surface area contributed by atoms with Crippen molar-refractivity contribution < 1.29 is 14.3 Å². The van der Waals surface area contributed by atoms with Crippen molar-refractivity contribution in [2.75, 3.05) is 6.61 Å². The van der Waals surface area contributed by atoms with Crippen molar-refractivity contribution >= 4 is 11.8 Å². The standard InChI is InChI=1S/C28H42O3/c1-3-5-6-7-8-12-19-24-22-26(23-17-13-11-14-18-23)28(30)25(24)20-15-9-10-16-21-27(29)31-4-2/h11,13-14,16-18,21,24-26H,3-10,12,15,19-20,22H2,1-2H3/t24-,25+,26?/m0/s1. The number of ether oxygens (including phenoxy) is 1. The average molecular weight is 427 g/mol. The molecule has 0 spiro atoms. The lowest BCUT2D eigenvalue weighted by atomic mass is 9.86. The first-order valence-electron chi connectivity index (χ1n) is 12.6. The normalized spacial score (nSPS) is 21.1. The third kappa shape index (κ3) is 9.01. The molecule has 0 aliphatic heterocycles. The Hall–Kier alpha value is -1.90. The molecule has 1 unspecified atom stereocenters. The monoisotopic (exact) mass is 426 g/mol. The quantitative estimate of drug-likeness (QED) is 0.167. The number of ketones is 1. The van der Waals surface area contributed by atoms with Crippen LogP contribution in [-0.4, -0.2) is 18.4 Å². The van der Waals surface area contributed by atoms with Gasteiger partial charge in [-0.05, 0) is 50.5 Å². The van der Waals surface area contributed by atoms with Crippen molar-refractivity contribution in [1.29, 1.82) is 0 Å². The zero-order valence-electron chi connectivity index (χ0n) is 19.7. The first-order valence-corrected chi connectivity index (χ1v) is 12.6. The molecule has 0 heterocycles. The minimum atomic E-state index is -0.266. The van der Waals surface area contributed by atoms with Crippen molar-refractivity contribution in [2.24, 2.45) is 11.8 Å². The maximum absolute atomic E-state index is 13.3. The van der Waals surface area contributed by atoms with Gasteiger partial charge in [0.1, 0.15) is 5.78 Å². The Morgan fingerprint density at radius 2 is 1.68 bits per heavy atom. The first-order chi connectivity index (χ1) is 15.2. The number of carbonyl (C=O) groups is 2. The summed E-state index contributed by atoms with van der Waals surface area (Å²) < 4.78 is 4.91. The number of Topliss-reactive ketones (excluding diaryl/α,β-unsaturated/α-hetero) is 1. The van der Waals surface area contributed by atoms with E-state index in [-0.39, 0.29) is 17.8 Å². The SMILES string of the molecule is CCCCCCCC[C@H]1CC(c2ccccc2)C(=O)[C@@H]1CCCCC=CC(=O)OCC. The topological polar surface area (TPSA) is 43.4 Å². The molecule has 3 atom stereocenters. The molecule has 0 bridgehead atoms. The molecule has 3 heteroatoms. The van der Waals surface area contributed by atoms with Crippen LogP contribution < -0.4 is 0 Å². The van der Waals surface area contributed by atoms with Gasteiger partial charge in [0.2, 0.25) is 0 Å². The minimum absolute atomic E-state index is 0.0833. The molecule has 2 rings (SSSR count). The molecular weight excluding hydrogens is 384 g/mol. The van der Waals surface area contributed by atoms with E-state index in [4.69, 9.17) is 4.74 Å². The van der Waals surface area contributed by atoms with Crippen LogP contribution in [0.1, 0.15) is 102 Å². The van der Waals surface area contributed by atoms with Crippen LogP contribution in [0.15, 0.2) is 42.5 Å². The summed E-state index contributed by atoms with van der Waals surface area (Å²) in [5, 5.41) is 0. The fourth-order valence-electron chi connectivity index (χ4n) is 4.94. The zero-order valence-corrected chi connectivity index (χ0v) is 19.7. The lowest BCUT2D eigenvalue weighted by Gasteiger charge is -2.18. The third-order valence-electron chi connectivity index (χ3n) is 6.62. The van der Waals surface area contributed by atoms with Gasteiger partial charge in [-0.1, -0.05) is 88.3 Å². The molecule has 0 N–H and O–H groups in total. The van der Waals surface area contributed by atoms with E-state index in [0.29, 0.717) is 18.3 Å². The Balaban J connectivity index is 1.84. The van der Waals surface area contributed by atoms with Crippen molar-refractivity contribution in [1.82, 2.24) is 0 Å². The van der Waals surface area contributed by atoms with Gasteiger partial charge in [-0.25, -0.2) is 4.79 Å². The van der Waals surface area contributed by atoms with Crippen LogP contribution in [0.5, 0.6) is 0 Å². The predicted octanol–water partition coefficient (Wildman–Crippen LogP) is 7.41. The summed E-state index contributed by atoms with van der Waals surface area (Å²) in [5.74, 6) is 1.01. The maximum Gasteiger partial charge on any atom is 0.330 e. The summed E-state index contributed by atoms with van der Waals surface area (Å²) in [6.45, 7) is 4.48. The van der Waals surface area contributed by atoms with Crippen LogP contribution in [0.25, 0.3) is 0 Å². The molecule has 1 fully saturated rings. The van der Waals surface area contributed by atoms with Gasteiger partial charge in [0, 0.05) is 17.9 Å². The second-order valence-corrected chi connectivity index (χ2v) is 8.96. The van der Waals surface area contributed by atoms with E-state index in [2.05, 4.69) is 31.2 Å². The molecule has 172 valence electrons. The maximum atomic E-state index is 13.3. The Bertz CT molecular complexity index is 664. The molecular formula is C28H42O3. The van der Waals surface area contributed by atoms with E-state index in [0.717, 1.165) is 32.1 Å². The molecule has 0 saturated heterocycles. The number of hydrogen-bond acceptors (Lipinski definition) is 3. The fraction of sp³-hybridized carbons (Fsp3) is 0.643. The Morgan fingerprint density at radius 1 is 0.968 bits per heavy atom. The van der Waals surface area contributed by atoms with Crippen LogP contribution in [0.3, 0.4) is 0 Å². The van der Waals surface area contributed by atoms with Crippen LogP contribution >= 0.6 is 0 Å². The number of rotatable bonds is 15. The lowest BCUT2D eigenvalue weighted by Crippen LogP contribution is -2.17. The third-order valence-corrected chi connectivity index (χ3v) is 6.62. The largest absolute Gasteiger partial charge is 0.463 e. The van der Waals surface area contributed by atoms with E-state index < -0.39 is 0 Å². The van der Waals surface area contributed by atoms with Gasteiger partial charge in [-0.3, -0.25) is 4.79 Å². The predicted molar refractivity (Wildman–Crippen MR) is 128 cm³/mol. The van der Waals surface area contributed by atoms with Crippen molar-refractivity contribution in [3.05, 3.63) is 48.0 Å². The van der Waals surface area contributed by atoms with Crippen LogP contribution in [-0.2, 0) is 14.3 Å². The lowest BCUT2D eigenvalue weighted by molar-refractivity contribution is -0.137. The number of hydrogen-bond donors (Lipinski definition) is 0. The molecule has 0 radical (unpaired) electrons. The van der Waals surface area contributed by atoms with Crippen molar-refractivity contribution in [3.8, 4) is 0 Å². The van der Waals surface area contributed by atoms with Crippen LogP contribution in [0, 0.1) is 11.8 Å². The Morgan fingerprint density at radius 3 is 2.42 bits per heavy atom. The van der Waals surface area contributed by atoms with Gasteiger partial charge in [-0.15, -0.1) is 0 Å². The number of unbranched alkanes of at least 4 members (excludes halogenated alkanes) is 7. The van der Waals surface area contributed by atoms with E-state index in [1.807, 2.05) is 19.1 Å². The number of esters is 1. The fourth-order valence-corrected chi connectivity index (χ4v) is 4.94. The Kier molecular flexibility index (Phi) is 12.3. The summed E-state index contributed by atoms with van der Waals surface area (Å²) in [6.07, 6.45) is 17.4. The van der Waals surface area contributed by atoms with E-state index >= 15 is 0 Å². The molecule has 0 aromatic heterocycles. The second-order valence-electron chi connectivity index (χ2n) is 8.96. The second kappa shape index (κ2) is 15.0. The molecule has 3 nitrogen and oxygen atoms in total. The van der Waals surface area contributed by atoms with Crippen molar-refractivity contribution in [3.63, 3.8) is 0 Å².